The maximum atomic E-state index is 13.5. The first-order chi connectivity index (χ1) is 13.7. The van der Waals surface area contributed by atoms with Gasteiger partial charge in [0.25, 0.3) is 5.91 Å². The molecule has 2 aliphatic rings. The Hall–Kier alpha value is -2.28. The van der Waals surface area contributed by atoms with Gasteiger partial charge in [0.2, 0.25) is 6.29 Å². The van der Waals surface area contributed by atoms with Crippen molar-refractivity contribution in [3.63, 3.8) is 0 Å². The van der Waals surface area contributed by atoms with Crippen molar-refractivity contribution in [3.05, 3.63) is 71.0 Å². The molecule has 2 heterocycles. The van der Waals surface area contributed by atoms with E-state index in [1.807, 2.05) is 25.1 Å². The van der Waals surface area contributed by atoms with E-state index in [4.69, 9.17) is 9.47 Å². The van der Waals surface area contributed by atoms with Gasteiger partial charge in [-0.3, -0.25) is 4.79 Å². The Morgan fingerprint density at radius 1 is 1.14 bits per heavy atom. The van der Waals surface area contributed by atoms with E-state index in [2.05, 4.69) is 11.4 Å². The smallest absolute Gasteiger partial charge is 0.280 e. The molecular weight excluding hydrogens is 359 g/mol. The molecule has 1 atom stereocenters. The summed E-state index contributed by atoms with van der Waals surface area (Å²) in [5, 5.41) is 3.27. The highest BCUT2D eigenvalue weighted by molar-refractivity contribution is 5.81. The van der Waals surface area contributed by atoms with Crippen molar-refractivity contribution in [3.8, 4) is 0 Å². The van der Waals surface area contributed by atoms with Crippen molar-refractivity contribution in [2.24, 2.45) is 0 Å². The van der Waals surface area contributed by atoms with E-state index >= 15 is 0 Å². The predicted octanol–water partition coefficient (Wildman–Crippen LogP) is 2.65. The zero-order chi connectivity index (χ0) is 19.5. The zero-order valence-electron chi connectivity index (χ0n) is 15.9. The van der Waals surface area contributed by atoms with Gasteiger partial charge in [0.15, 0.2) is 0 Å². The molecule has 0 aromatic heterocycles. The first-order valence-electron chi connectivity index (χ1n) is 9.77. The molecule has 2 aromatic rings. The number of rotatable bonds is 4. The highest BCUT2D eigenvalue weighted by atomic mass is 19.1. The number of carbonyl (C=O) groups is 1. The molecule has 0 saturated carbocycles. The van der Waals surface area contributed by atoms with Gasteiger partial charge < -0.3 is 19.7 Å². The summed E-state index contributed by atoms with van der Waals surface area (Å²) in [4.78, 5) is 15.1. The minimum absolute atomic E-state index is 0.101. The lowest BCUT2D eigenvalue weighted by molar-refractivity contribution is -0.206. The summed E-state index contributed by atoms with van der Waals surface area (Å²) >= 11 is 0. The lowest BCUT2D eigenvalue weighted by atomic mass is 9.88. The molecule has 1 fully saturated rings. The number of amides is 1. The molecule has 4 rings (SSSR count). The van der Waals surface area contributed by atoms with Crippen molar-refractivity contribution in [1.29, 1.82) is 0 Å². The average molecular weight is 384 g/mol. The topological polar surface area (TPSA) is 50.8 Å². The number of halogens is 1. The van der Waals surface area contributed by atoms with Crippen LogP contribution in [0.15, 0.2) is 48.5 Å². The molecule has 6 heteroatoms. The number of benzene rings is 2. The minimum atomic E-state index is -0.900. The molecule has 0 aliphatic carbocycles. The quantitative estimate of drug-likeness (QED) is 0.881. The van der Waals surface area contributed by atoms with Crippen LogP contribution in [0.5, 0.6) is 0 Å². The van der Waals surface area contributed by atoms with Gasteiger partial charge in [0.1, 0.15) is 5.82 Å². The summed E-state index contributed by atoms with van der Waals surface area (Å²) in [6, 6.07) is 14.3. The number of likely N-dealkylation sites (N-methyl/N-ethyl adjacent to an activating group) is 1. The van der Waals surface area contributed by atoms with Crippen LogP contribution < -0.4 is 5.32 Å². The van der Waals surface area contributed by atoms with Crippen LogP contribution in [0.1, 0.15) is 29.7 Å². The third-order valence-corrected chi connectivity index (χ3v) is 5.34. The van der Waals surface area contributed by atoms with E-state index in [-0.39, 0.29) is 23.8 Å². The number of carbonyl (C=O) groups excluding carboxylic acids is 1. The fraction of sp³-hybridized carbons (Fsp3) is 0.409. The van der Waals surface area contributed by atoms with E-state index < -0.39 is 6.29 Å². The van der Waals surface area contributed by atoms with Crippen molar-refractivity contribution in [2.45, 2.75) is 31.7 Å². The first kappa shape index (κ1) is 19.1. The monoisotopic (exact) mass is 384 g/mol. The highest BCUT2D eigenvalue weighted by Crippen LogP contribution is 2.36. The van der Waals surface area contributed by atoms with Crippen molar-refractivity contribution < 1.29 is 18.7 Å². The Morgan fingerprint density at radius 2 is 1.86 bits per heavy atom. The number of ether oxygens (including phenoxy) is 2. The SMILES string of the molecule is CCN[C@H]1CO[C@@H](C(=O)N2CCc3ccccc3[C@@H]2c2ccc(F)cc2)OC1. The van der Waals surface area contributed by atoms with Crippen LogP contribution in [0, 0.1) is 5.82 Å². The molecule has 1 amide bonds. The zero-order valence-corrected chi connectivity index (χ0v) is 15.9. The summed E-state index contributed by atoms with van der Waals surface area (Å²) in [6.07, 6.45) is -0.130. The molecular formula is C22H25FN2O3. The van der Waals surface area contributed by atoms with Gasteiger partial charge in [-0.2, -0.15) is 0 Å². The number of fused-ring (bicyclic) bond motifs is 1. The maximum Gasteiger partial charge on any atom is 0.280 e. The summed E-state index contributed by atoms with van der Waals surface area (Å²) < 4.78 is 24.9. The summed E-state index contributed by atoms with van der Waals surface area (Å²) in [7, 11) is 0. The molecule has 148 valence electrons. The van der Waals surface area contributed by atoms with Crippen LogP contribution in [0.4, 0.5) is 4.39 Å². The molecule has 0 spiro atoms. The second kappa shape index (κ2) is 8.39. The molecule has 1 N–H and O–H groups in total. The van der Waals surface area contributed by atoms with Crippen molar-refractivity contribution in [2.75, 3.05) is 26.3 Å². The lowest BCUT2D eigenvalue weighted by Crippen LogP contribution is -2.52. The Labute approximate surface area is 164 Å². The standard InChI is InChI=1S/C22H25FN2O3/c1-2-24-18-13-27-22(28-14-18)21(26)25-12-11-15-5-3-4-6-19(15)20(25)16-7-9-17(23)10-8-16/h3-10,18,20,22,24H,2,11-14H2,1H3/t18-,20-,22+/m0/s1. The van der Waals surface area contributed by atoms with Crippen LogP contribution in [-0.4, -0.2) is 49.4 Å². The molecule has 2 aromatic carbocycles. The largest absolute Gasteiger partial charge is 0.343 e. The maximum absolute atomic E-state index is 13.5. The number of nitrogens with one attached hydrogen (secondary N) is 1. The summed E-state index contributed by atoms with van der Waals surface area (Å²) in [6.45, 7) is 4.30. The van der Waals surface area contributed by atoms with Crippen LogP contribution in [0.25, 0.3) is 0 Å². The van der Waals surface area contributed by atoms with Gasteiger partial charge in [-0.25, -0.2) is 4.39 Å². The van der Waals surface area contributed by atoms with E-state index in [0.29, 0.717) is 19.8 Å². The van der Waals surface area contributed by atoms with Crippen molar-refractivity contribution >= 4 is 5.91 Å². The third kappa shape index (κ3) is 3.81. The van der Waals surface area contributed by atoms with E-state index in [9.17, 15) is 9.18 Å². The van der Waals surface area contributed by atoms with E-state index in [1.165, 1.54) is 17.7 Å². The molecule has 1 saturated heterocycles. The van der Waals surface area contributed by atoms with Gasteiger partial charge in [0, 0.05) is 6.54 Å². The minimum Gasteiger partial charge on any atom is -0.343 e. The van der Waals surface area contributed by atoms with E-state index in [1.54, 1.807) is 17.0 Å². The fourth-order valence-corrected chi connectivity index (χ4v) is 4.00. The van der Waals surface area contributed by atoms with Crippen LogP contribution in [0.2, 0.25) is 0 Å². The van der Waals surface area contributed by atoms with Gasteiger partial charge in [-0.1, -0.05) is 43.3 Å². The lowest BCUT2D eigenvalue weighted by Gasteiger charge is -2.40. The molecule has 2 aliphatic heterocycles. The number of hydrogen-bond donors (Lipinski definition) is 1. The normalized spacial score (nSPS) is 24.6. The molecule has 0 bridgehead atoms. The molecule has 5 nitrogen and oxygen atoms in total. The van der Waals surface area contributed by atoms with Gasteiger partial charge in [0.05, 0.1) is 25.3 Å². The average Bonchev–Trinajstić information content (AvgIpc) is 2.74. The third-order valence-electron chi connectivity index (χ3n) is 5.34. The Kier molecular flexibility index (Phi) is 5.71. The van der Waals surface area contributed by atoms with Crippen molar-refractivity contribution in [1.82, 2.24) is 10.2 Å². The van der Waals surface area contributed by atoms with Gasteiger partial charge in [-0.15, -0.1) is 0 Å². The van der Waals surface area contributed by atoms with Crippen LogP contribution >= 0.6 is 0 Å². The second-order valence-electron chi connectivity index (χ2n) is 7.19. The van der Waals surface area contributed by atoms with Gasteiger partial charge in [-0.05, 0) is 41.8 Å². The summed E-state index contributed by atoms with van der Waals surface area (Å²) in [5.74, 6) is -0.474. The Bertz CT molecular complexity index is 819. The second-order valence-corrected chi connectivity index (χ2v) is 7.19. The Balaban J connectivity index is 1.60. The van der Waals surface area contributed by atoms with E-state index in [0.717, 1.165) is 24.1 Å². The van der Waals surface area contributed by atoms with Crippen LogP contribution in [-0.2, 0) is 20.7 Å². The number of hydrogen-bond acceptors (Lipinski definition) is 4. The summed E-state index contributed by atoms with van der Waals surface area (Å²) in [5.41, 5.74) is 3.15. The fourth-order valence-electron chi connectivity index (χ4n) is 4.00. The van der Waals surface area contributed by atoms with Crippen LogP contribution in [0.3, 0.4) is 0 Å². The molecule has 28 heavy (non-hydrogen) atoms. The number of nitrogens with zero attached hydrogens (tertiary/aromatic N) is 1. The molecule has 0 unspecified atom stereocenters. The first-order valence-corrected chi connectivity index (χ1v) is 9.77. The van der Waals surface area contributed by atoms with Gasteiger partial charge >= 0.3 is 0 Å². The highest BCUT2D eigenvalue weighted by Gasteiger charge is 2.38. The predicted molar refractivity (Wildman–Crippen MR) is 103 cm³/mol. The Morgan fingerprint density at radius 3 is 2.57 bits per heavy atom. The molecule has 0 radical (unpaired) electrons.